The molecule has 18 heavy (non-hydrogen) atoms. The smallest absolute Gasteiger partial charge is 0.342 e. The zero-order valence-corrected chi connectivity index (χ0v) is 10.2. The largest absolute Gasteiger partial charge is 0.481 e. The molecule has 1 aromatic heterocycles. The third-order valence-electron chi connectivity index (χ3n) is 2.60. The van der Waals surface area contributed by atoms with Crippen molar-refractivity contribution in [1.29, 1.82) is 0 Å². The Morgan fingerprint density at radius 2 is 2.33 bits per heavy atom. The summed E-state index contributed by atoms with van der Waals surface area (Å²) in [5.41, 5.74) is -1.27. The van der Waals surface area contributed by atoms with Gasteiger partial charge in [-0.25, -0.2) is 9.89 Å². The topological polar surface area (TPSA) is 119 Å². The van der Waals surface area contributed by atoms with Crippen LogP contribution >= 0.6 is 11.8 Å². The minimum atomic E-state index is -0.923. The molecule has 0 radical (unpaired) electrons. The predicted molar refractivity (Wildman–Crippen MR) is 66.2 cm³/mol. The number of rotatable bonds is 3. The van der Waals surface area contributed by atoms with E-state index in [2.05, 4.69) is 15.2 Å². The first-order valence-electron chi connectivity index (χ1n) is 5.33. The third kappa shape index (κ3) is 2.73. The highest BCUT2D eigenvalue weighted by Gasteiger charge is 2.28. The number of carboxylic acid groups (broad SMARTS) is 1. The number of H-pyrrole nitrogens is 2. The number of aliphatic carboxylic acids is 1. The molecule has 1 aliphatic rings. The maximum absolute atomic E-state index is 11.6. The highest BCUT2D eigenvalue weighted by atomic mass is 32.2. The van der Waals surface area contributed by atoms with Crippen molar-refractivity contribution in [3.63, 3.8) is 0 Å². The summed E-state index contributed by atoms with van der Waals surface area (Å²) in [6.45, 7) is 0.532. The van der Waals surface area contributed by atoms with Crippen LogP contribution in [0.1, 0.15) is 6.42 Å². The molecule has 0 bridgehead atoms. The second kappa shape index (κ2) is 5.25. The summed E-state index contributed by atoms with van der Waals surface area (Å²) in [5, 5.41) is 14.7. The van der Waals surface area contributed by atoms with Crippen molar-refractivity contribution in [1.82, 2.24) is 15.2 Å². The molecule has 0 aliphatic carbocycles. The van der Waals surface area contributed by atoms with Crippen LogP contribution < -0.4 is 16.1 Å². The van der Waals surface area contributed by atoms with Gasteiger partial charge in [0.05, 0.1) is 12.5 Å². The number of thioether (sulfide) groups is 1. The second-order valence-corrected chi connectivity index (χ2v) is 5.00. The van der Waals surface area contributed by atoms with E-state index in [0.717, 1.165) is 5.75 Å². The fourth-order valence-corrected chi connectivity index (χ4v) is 2.90. The molecule has 2 heterocycles. The lowest BCUT2D eigenvalue weighted by molar-refractivity contribution is -0.137. The fraction of sp³-hybridized carbons (Fsp3) is 0.556. The van der Waals surface area contributed by atoms with Gasteiger partial charge in [-0.3, -0.25) is 14.6 Å². The minimum absolute atomic E-state index is 0.0623. The zero-order valence-electron chi connectivity index (χ0n) is 9.38. The first kappa shape index (κ1) is 12.7. The van der Waals surface area contributed by atoms with Crippen LogP contribution in [0, 0.1) is 0 Å². The summed E-state index contributed by atoms with van der Waals surface area (Å²) < 4.78 is 0. The van der Waals surface area contributed by atoms with E-state index in [-0.39, 0.29) is 18.3 Å². The summed E-state index contributed by atoms with van der Waals surface area (Å²) in [5.74, 6) is 0.553. The Balaban J connectivity index is 2.30. The highest BCUT2D eigenvalue weighted by Crippen LogP contribution is 2.21. The first-order chi connectivity index (χ1) is 8.58. The van der Waals surface area contributed by atoms with Crippen molar-refractivity contribution in [3.05, 3.63) is 20.8 Å². The van der Waals surface area contributed by atoms with E-state index >= 15 is 0 Å². The minimum Gasteiger partial charge on any atom is -0.481 e. The van der Waals surface area contributed by atoms with Crippen LogP contribution in [0.5, 0.6) is 0 Å². The van der Waals surface area contributed by atoms with Crippen LogP contribution in [0.4, 0.5) is 5.82 Å². The Labute approximate surface area is 105 Å². The fourth-order valence-electron chi connectivity index (χ4n) is 1.84. The van der Waals surface area contributed by atoms with Gasteiger partial charge in [-0.1, -0.05) is 0 Å². The molecular formula is C9H12N4O4S. The number of carbonyl (C=O) groups is 1. The van der Waals surface area contributed by atoms with Crippen LogP contribution in [0.25, 0.3) is 0 Å². The molecule has 9 heteroatoms. The van der Waals surface area contributed by atoms with Gasteiger partial charge in [-0.05, 0) is 0 Å². The number of aromatic nitrogens is 3. The molecule has 1 unspecified atom stereocenters. The van der Waals surface area contributed by atoms with Crippen LogP contribution in [-0.4, -0.2) is 50.3 Å². The summed E-state index contributed by atoms with van der Waals surface area (Å²) in [7, 11) is 0. The van der Waals surface area contributed by atoms with E-state index in [9.17, 15) is 14.4 Å². The molecule has 3 N–H and O–H groups in total. The van der Waals surface area contributed by atoms with Crippen molar-refractivity contribution in [3.8, 4) is 0 Å². The first-order valence-corrected chi connectivity index (χ1v) is 6.48. The van der Waals surface area contributed by atoms with Gasteiger partial charge < -0.3 is 10.0 Å². The number of hydrogen-bond donors (Lipinski definition) is 3. The molecule has 1 aliphatic heterocycles. The predicted octanol–water partition coefficient (Wildman–Crippen LogP) is -1.15. The van der Waals surface area contributed by atoms with Crippen LogP contribution in [0.3, 0.4) is 0 Å². The molecule has 0 saturated carbocycles. The van der Waals surface area contributed by atoms with Crippen molar-refractivity contribution in [2.45, 2.75) is 12.5 Å². The highest BCUT2D eigenvalue weighted by molar-refractivity contribution is 7.99. The summed E-state index contributed by atoms with van der Waals surface area (Å²) in [6, 6.07) is -0.291. The molecule has 98 valence electrons. The van der Waals surface area contributed by atoms with E-state index in [4.69, 9.17) is 5.11 Å². The lowest BCUT2D eigenvalue weighted by Gasteiger charge is -2.34. The molecule has 0 spiro atoms. The quantitative estimate of drug-likeness (QED) is 0.636. The summed E-state index contributed by atoms with van der Waals surface area (Å²) in [6.07, 6.45) is -0.0623. The number of aromatic amines is 2. The van der Waals surface area contributed by atoms with Crippen molar-refractivity contribution in [2.24, 2.45) is 0 Å². The normalized spacial score (nSPS) is 19.8. The maximum Gasteiger partial charge on any atom is 0.342 e. The summed E-state index contributed by atoms with van der Waals surface area (Å²) >= 11 is 1.64. The van der Waals surface area contributed by atoms with Gasteiger partial charge in [-0.2, -0.15) is 11.8 Å². The van der Waals surface area contributed by atoms with Crippen LogP contribution in [0.2, 0.25) is 0 Å². The van der Waals surface area contributed by atoms with Gasteiger partial charge in [0, 0.05) is 18.1 Å². The average Bonchev–Trinajstić information content (AvgIpc) is 2.30. The summed E-state index contributed by atoms with van der Waals surface area (Å²) in [4.78, 5) is 37.0. The number of nitrogens with one attached hydrogen (secondary N) is 2. The van der Waals surface area contributed by atoms with Crippen LogP contribution in [0.15, 0.2) is 9.59 Å². The standard InChI is InChI=1S/C9H12N4O4S/c14-6(15)3-5-4-18-2-1-13(5)7-8(16)10-9(17)12-11-7/h5H,1-4H2,(H,14,15)(H2,10,12,16,17). The Morgan fingerprint density at radius 1 is 1.56 bits per heavy atom. The number of anilines is 1. The van der Waals surface area contributed by atoms with E-state index in [1.54, 1.807) is 16.7 Å². The Morgan fingerprint density at radius 3 is 3.00 bits per heavy atom. The molecule has 1 aromatic rings. The lowest BCUT2D eigenvalue weighted by Crippen LogP contribution is -2.47. The van der Waals surface area contributed by atoms with Gasteiger partial charge in [0.1, 0.15) is 0 Å². The molecular weight excluding hydrogens is 260 g/mol. The SMILES string of the molecule is O=C(O)CC1CSCCN1c1n[nH]c(=O)[nH]c1=O. The van der Waals surface area contributed by atoms with E-state index in [1.807, 2.05) is 0 Å². The third-order valence-corrected chi connectivity index (χ3v) is 3.70. The van der Waals surface area contributed by atoms with Gasteiger partial charge >= 0.3 is 11.7 Å². The van der Waals surface area contributed by atoms with Gasteiger partial charge in [0.25, 0.3) is 5.56 Å². The van der Waals surface area contributed by atoms with Gasteiger partial charge in [0.15, 0.2) is 0 Å². The lowest BCUT2D eigenvalue weighted by atomic mass is 10.2. The van der Waals surface area contributed by atoms with Crippen molar-refractivity contribution in [2.75, 3.05) is 23.0 Å². The zero-order chi connectivity index (χ0) is 13.1. The van der Waals surface area contributed by atoms with Crippen LogP contribution in [-0.2, 0) is 4.79 Å². The van der Waals surface area contributed by atoms with Gasteiger partial charge in [0.2, 0.25) is 5.82 Å². The van der Waals surface area contributed by atoms with Gasteiger partial charge in [-0.15, -0.1) is 5.10 Å². The Hall–Kier alpha value is -1.77. The molecule has 1 atom stereocenters. The van der Waals surface area contributed by atoms with E-state index < -0.39 is 17.2 Å². The van der Waals surface area contributed by atoms with E-state index in [0.29, 0.717) is 12.3 Å². The van der Waals surface area contributed by atoms with Crippen molar-refractivity contribution < 1.29 is 9.90 Å². The average molecular weight is 272 g/mol. The molecule has 1 saturated heterocycles. The van der Waals surface area contributed by atoms with E-state index in [1.165, 1.54) is 0 Å². The molecule has 2 rings (SSSR count). The number of hydrogen-bond acceptors (Lipinski definition) is 6. The second-order valence-electron chi connectivity index (χ2n) is 3.85. The molecule has 0 amide bonds. The number of nitrogens with zero attached hydrogens (tertiary/aromatic N) is 2. The molecule has 0 aromatic carbocycles. The Bertz CT molecular complexity index is 554. The monoisotopic (exact) mass is 272 g/mol. The molecule has 8 nitrogen and oxygen atoms in total. The van der Waals surface area contributed by atoms with Crippen molar-refractivity contribution >= 4 is 23.5 Å². The number of carboxylic acids is 1. The maximum atomic E-state index is 11.6. The Kier molecular flexibility index (Phi) is 3.70. The molecule has 1 fully saturated rings.